The highest BCUT2D eigenvalue weighted by Gasteiger charge is 2.12. The minimum Gasteiger partial charge on any atom is -1.00 e. The summed E-state index contributed by atoms with van der Waals surface area (Å²) >= 11 is 0. The highest BCUT2D eigenvalue weighted by Crippen LogP contribution is 1.86. The van der Waals surface area contributed by atoms with E-state index in [0.29, 0.717) is 0 Å². The largest absolute Gasteiger partial charge is 1.00 e. The molecule has 1 aliphatic rings. The molecule has 0 aromatic carbocycles. The average Bonchev–Trinajstić information content (AvgIpc) is 1.86. The first-order valence-electron chi connectivity index (χ1n) is 2.39. The van der Waals surface area contributed by atoms with E-state index in [2.05, 4.69) is 5.32 Å². The highest BCUT2D eigenvalue weighted by molar-refractivity contribution is 4.53. The second kappa shape index (κ2) is 3.24. The van der Waals surface area contributed by atoms with Gasteiger partial charge in [0.05, 0.1) is 6.54 Å². The maximum absolute atomic E-state index is 8.70. The molecule has 1 fully saturated rings. The lowest BCUT2D eigenvalue weighted by Crippen LogP contribution is -3.00. The maximum atomic E-state index is 8.70. The monoisotopic (exact) mass is 123 g/mol. The second-order valence-corrected chi connectivity index (χ2v) is 1.76. The first-order chi connectivity index (χ1) is 2.89. The summed E-state index contributed by atoms with van der Waals surface area (Å²) in [6.45, 7) is 2.03. The van der Waals surface area contributed by atoms with Crippen LogP contribution >= 0.6 is 0 Å². The number of quaternary nitrogens is 1. The SMILES string of the molecule is O[C@H]1CC[NH2+]C1.[Cl-]. The van der Waals surface area contributed by atoms with E-state index in [1.54, 1.807) is 0 Å². The summed E-state index contributed by atoms with van der Waals surface area (Å²) in [6, 6.07) is 0. The molecule has 1 aliphatic heterocycles. The number of rotatable bonds is 0. The van der Waals surface area contributed by atoms with Crippen LogP contribution in [0.15, 0.2) is 0 Å². The number of aliphatic hydroxyl groups is 1. The normalized spacial score (nSPS) is 29.6. The molecule has 0 radical (unpaired) electrons. The van der Waals surface area contributed by atoms with E-state index in [1.165, 1.54) is 0 Å². The lowest BCUT2D eigenvalue weighted by Gasteiger charge is -1.86. The summed E-state index contributed by atoms with van der Waals surface area (Å²) in [4.78, 5) is 0. The van der Waals surface area contributed by atoms with Gasteiger partial charge in [0, 0.05) is 6.42 Å². The zero-order valence-corrected chi connectivity index (χ0v) is 4.86. The zero-order chi connectivity index (χ0) is 4.41. The number of nitrogens with two attached hydrogens (primary N) is 1. The summed E-state index contributed by atoms with van der Waals surface area (Å²) in [7, 11) is 0. The molecular formula is C4H10ClNO. The van der Waals surface area contributed by atoms with Crippen LogP contribution in [0.4, 0.5) is 0 Å². The average molecular weight is 124 g/mol. The Hall–Kier alpha value is 0.210. The Balaban J connectivity index is 0.000000360. The number of hydrogen-bond donors (Lipinski definition) is 2. The van der Waals surface area contributed by atoms with Gasteiger partial charge in [0.25, 0.3) is 0 Å². The molecule has 1 heterocycles. The van der Waals surface area contributed by atoms with Gasteiger partial charge in [0.1, 0.15) is 12.6 Å². The first kappa shape index (κ1) is 7.21. The predicted molar refractivity (Wildman–Crippen MR) is 22.3 cm³/mol. The van der Waals surface area contributed by atoms with Crippen molar-refractivity contribution in [2.24, 2.45) is 0 Å². The Morgan fingerprint density at radius 3 is 2.43 bits per heavy atom. The summed E-state index contributed by atoms with van der Waals surface area (Å²) in [5, 5.41) is 10.8. The molecule has 0 aromatic heterocycles. The molecule has 0 aliphatic carbocycles. The summed E-state index contributed by atoms with van der Waals surface area (Å²) < 4.78 is 0. The minimum absolute atomic E-state index is 0. The van der Waals surface area contributed by atoms with Crippen LogP contribution in [-0.4, -0.2) is 24.3 Å². The molecule has 0 amide bonds. The van der Waals surface area contributed by atoms with Crippen molar-refractivity contribution in [2.45, 2.75) is 12.5 Å². The molecule has 1 atom stereocenters. The Labute approximate surface area is 49.3 Å². The third-order valence-electron chi connectivity index (χ3n) is 1.14. The summed E-state index contributed by atoms with van der Waals surface area (Å²) in [6.07, 6.45) is 0.977. The fourth-order valence-corrected chi connectivity index (χ4v) is 0.738. The van der Waals surface area contributed by atoms with Crippen LogP contribution in [0, 0.1) is 0 Å². The topological polar surface area (TPSA) is 36.8 Å². The van der Waals surface area contributed by atoms with Crippen LogP contribution in [-0.2, 0) is 0 Å². The number of hydrogen-bond acceptors (Lipinski definition) is 1. The van der Waals surface area contributed by atoms with Crippen LogP contribution in [0.5, 0.6) is 0 Å². The Kier molecular flexibility index (Phi) is 3.34. The lowest BCUT2D eigenvalue weighted by molar-refractivity contribution is -0.638. The molecule has 0 unspecified atom stereocenters. The van der Waals surface area contributed by atoms with Crippen LogP contribution in [0.1, 0.15) is 6.42 Å². The van der Waals surface area contributed by atoms with Gasteiger partial charge in [-0.3, -0.25) is 0 Å². The third-order valence-corrected chi connectivity index (χ3v) is 1.14. The van der Waals surface area contributed by atoms with E-state index in [1.807, 2.05) is 0 Å². The lowest BCUT2D eigenvalue weighted by atomic mass is 10.3. The standard InChI is InChI=1S/C4H9NO.ClH/c6-4-1-2-5-3-4;/h4-6H,1-3H2;1H/t4-;/m0./s1. The van der Waals surface area contributed by atoms with Gasteiger partial charge in [0.15, 0.2) is 0 Å². The smallest absolute Gasteiger partial charge is 0.108 e. The fourth-order valence-electron chi connectivity index (χ4n) is 0.738. The van der Waals surface area contributed by atoms with Crippen molar-refractivity contribution < 1.29 is 22.8 Å². The molecule has 3 N–H and O–H groups in total. The Bertz CT molecular complexity index is 45.0. The summed E-state index contributed by atoms with van der Waals surface area (Å²) in [5.74, 6) is 0. The van der Waals surface area contributed by atoms with Gasteiger partial charge in [0.2, 0.25) is 0 Å². The van der Waals surface area contributed by atoms with E-state index in [9.17, 15) is 0 Å². The van der Waals surface area contributed by atoms with Gasteiger partial charge >= 0.3 is 0 Å². The molecule has 0 bridgehead atoms. The van der Waals surface area contributed by atoms with Crippen molar-refractivity contribution in [3.8, 4) is 0 Å². The molecule has 3 heteroatoms. The second-order valence-electron chi connectivity index (χ2n) is 1.76. The molecule has 0 aromatic rings. The van der Waals surface area contributed by atoms with Gasteiger partial charge in [-0.05, 0) is 0 Å². The van der Waals surface area contributed by atoms with E-state index < -0.39 is 0 Å². The first-order valence-corrected chi connectivity index (χ1v) is 2.39. The number of aliphatic hydroxyl groups excluding tert-OH is 1. The maximum Gasteiger partial charge on any atom is 0.108 e. The van der Waals surface area contributed by atoms with E-state index in [0.717, 1.165) is 19.5 Å². The van der Waals surface area contributed by atoms with Crippen molar-refractivity contribution in [3.63, 3.8) is 0 Å². The van der Waals surface area contributed by atoms with Gasteiger partial charge in [-0.15, -0.1) is 0 Å². The molecule has 0 saturated carbocycles. The van der Waals surface area contributed by atoms with Crippen molar-refractivity contribution >= 4 is 0 Å². The molecule has 44 valence electrons. The Morgan fingerprint density at radius 2 is 2.29 bits per heavy atom. The minimum atomic E-state index is -0.00926. The third kappa shape index (κ3) is 2.12. The quantitative estimate of drug-likeness (QED) is 0.334. The van der Waals surface area contributed by atoms with Crippen molar-refractivity contribution in [3.05, 3.63) is 0 Å². The molecular weight excluding hydrogens is 114 g/mol. The van der Waals surface area contributed by atoms with Crippen LogP contribution in [0.2, 0.25) is 0 Å². The van der Waals surface area contributed by atoms with Crippen molar-refractivity contribution in [1.82, 2.24) is 0 Å². The fraction of sp³-hybridized carbons (Fsp3) is 1.00. The molecule has 7 heavy (non-hydrogen) atoms. The molecule has 0 spiro atoms. The van der Waals surface area contributed by atoms with Gasteiger partial charge in [-0.1, -0.05) is 0 Å². The molecule has 2 nitrogen and oxygen atoms in total. The molecule has 1 rings (SSSR count). The van der Waals surface area contributed by atoms with Crippen LogP contribution < -0.4 is 17.7 Å². The number of halogens is 1. The molecule has 1 saturated heterocycles. The predicted octanol–water partition coefficient (Wildman–Crippen LogP) is -4.68. The van der Waals surface area contributed by atoms with E-state index >= 15 is 0 Å². The van der Waals surface area contributed by atoms with E-state index in [-0.39, 0.29) is 18.5 Å². The van der Waals surface area contributed by atoms with Crippen LogP contribution in [0.25, 0.3) is 0 Å². The van der Waals surface area contributed by atoms with Gasteiger partial charge < -0.3 is 22.8 Å². The Morgan fingerprint density at radius 1 is 1.57 bits per heavy atom. The van der Waals surface area contributed by atoms with Crippen molar-refractivity contribution in [2.75, 3.05) is 13.1 Å². The van der Waals surface area contributed by atoms with Crippen LogP contribution in [0.3, 0.4) is 0 Å². The summed E-state index contributed by atoms with van der Waals surface area (Å²) in [5.41, 5.74) is 0. The highest BCUT2D eigenvalue weighted by atomic mass is 35.5. The van der Waals surface area contributed by atoms with Gasteiger partial charge in [-0.2, -0.15) is 0 Å². The van der Waals surface area contributed by atoms with Crippen molar-refractivity contribution in [1.29, 1.82) is 0 Å². The van der Waals surface area contributed by atoms with Gasteiger partial charge in [-0.25, -0.2) is 0 Å². The zero-order valence-electron chi connectivity index (χ0n) is 4.10. The van der Waals surface area contributed by atoms with E-state index in [4.69, 9.17) is 5.11 Å².